The average molecular weight is 814 g/mol. The van der Waals surface area contributed by atoms with E-state index in [-0.39, 0.29) is 60.4 Å². The van der Waals surface area contributed by atoms with Crippen LogP contribution in [0.2, 0.25) is 0 Å². The number of azide groups is 1. The van der Waals surface area contributed by atoms with Gasteiger partial charge in [-0.2, -0.15) is 0 Å². The van der Waals surface area contributed by atoms with Gasteiger partial charge in [0.15, 0.2) is 0 Å². The number of likely N-dealkylation sites (tertiary alicyclic amines) is 1. The Kier molecular flexibility index (Phi) is 21.0. The normalized spacial score (nSPS) is 18.5. The molecule has 0 aromatic heterocycles. The van der Waals surface area contributed by atoms with Crippen LogP contribution in [0.5, 0.6) is 0 Å². The number of hydrogen-bond donors (Lipinski definition) is 3. The number of anilines is 1. The Morgan fingerprint density at radius 3 is 2.07 bits per heavy atom. The van der Waals surface area contributed by atoms with Crippen molar-refractivity contribution in [3.05, 3.63) is 40.3 Å². The van der Waals surface area contributed by atoms with Crippen molar-refractivity contribution in [3.8, 4) is 0 Å². The number of amides is 4. The van der Waals surface area contributed by atoms with Crippen LogP contribution in [0, 0.1) is 23.7 Å². The van der Waals surface area contributed by atoms with Crippen LogP contribution >= 0.6 is 0 Å². The standard InChI is InChI=1S/C43H75N9O6/c1-15-29(8)39(51(12)43(56)37(26(2)3)48-42(55)38(27(4)5)50(10)11)35(57-13)24-36(53)52-22-16-17-34(52)40(58-14)30(9)41(54)47-33(25-45-49-44)23-31-18-20-32(21-19-31)46-28(6)7/h18-21,26-30,33-35,37-40,46H,15-17,22-25H2,1-14H3,(H,47,54)(H,48,55)/t29-,30+,33-,34-,35+,37-,38-,39-,40+/m0/s1. The maximum Gasteiger partial charge on any atom is 0.245 e. The molecule has 328 valence electrons. The summed E-state index contributed by atoms with van der Waals surface area (Å²) in [7, 11) is 8.57. The molecule has 1 heterocycles. The molecule has 1 aromatic carbocycles. The van der Waals surface area contributed by atoms with Gasteiger partial charge in [-0.15, -0.1) is 0 Å². The molecule has 0 bridgehead atoms. The fraction of sp³-hybridized carbons (Fsp3) is 0.767. The number of likely N-dealkylation sites (N-methyl/N-ethyl adjacent to an activating group) is 2. The third kappa shape index (κ3) is 14.1. The third-order valence-electron chi connectivity index (χ3n) is 11.5. The number of nitrogens with one attached hydrogen (secondary N) is 3. The third-order valence-corrected chi connectivity index (χ3v) is 11.5. The van der Waals surface area contributed by atoms with Crippen LogP contribution in [0.25, 0.3) is 10.4 Å². The van der Waals surface area contributed by atoms with Crippen molar-refractivity contribution in [3.63, 3.8) is 0 Å². The van der Waals surface area contributed by atoms with Crippen molar-refractivity contribution < 1.29 is 28.7 Å². The molecule has 15 heteroatoms. The summed E-state index contributed by atoms with van der Waals surface area (Å²) in [6.45, 7) is 18.4. The largest absolute Gasteiger partial charge is 0.383 e. The molecule has 1 fully saturated rings. The highest BCUT2D eigenvalue weighted by Gasteiger charge is 2.43. The van der Waals surface area contributed by atoms with Crippen molar-refractivity contribution in [2.24, 2.45) is 28.8 Å². The number of carbonyl (C=O) groups is 4. The van der Waals surface area contributed by atoms with Gasteiger partial charge in [0.05, 0.1) is 42.7 Å². The quantitative estimate of drug-likeness (QED) is 0.0696. The predicted octanol–water partition coefficient (Wildman–Crippen LogP) is 5.49. The molecule has 1 aromatic rings. The van der Waals surface area contributed by atoms with Gasteiger partial charge in [-0.1, -0.05) is 72.1 Å². The van der Waals surface area contributed by atoms with Gasteiger partial charge < -0.3 is 35.2 Å². The zero-order valence-electron chi connectivity index (χ0n) is 37.8. The number of methoxy groups -OCH3 is 2. The summed E-state index contributed by atoms with van der Waals surface area (Å²) in [4.78, 5) is 64.1. The van der Waals surface area contributed by atoms with E-state index in [1.54, 1.807) is 38.0 Å². The second-order valence-electron chi connectivity index (χ2n) is 17.3. The molecule has 0 saturated carbocycles. The molecule has 4 amide bonds. The topological polar surface area (TPSA) is 181 Å². The summed E-state index contributed by atoms with van der Waals surface area (Å²) in [6.07, 6.45) is 1.39. The van der Waals surface area contributed by atoms with E-state index in [0.29, 0.717) is 25.4 Å². The van der Waals surface area contributed by atoms with E-state index in [1.165, 1.54) is 0 Å². The zero-order valence-corrected chi connectivity index (χ0v) is 37.8. The lowest BCUT2D eigenvalue weighted by molar-refractivity contribution is -0.148. The molecule has 0 aliphatic carbocycles. The Labute approximate surface area is 348 Å². The van der Waals surface area contributed by atoms with E-state index in [2.05, 4.69) is 39.8 Å². The van der Waals surface area contributed by atoms with Gasteiger partial charge in [-0.3, -0.25) is 24.1 Å². The molecule has 3 N–H and O–H groups in total. The molecule has 0 radical (unpaired) electrons. The van der Waals surface area contributed by atoms with Gasteiger partial charge in [0.25, 0.3) is 0 Å². The van der Waals surface area contributed by atoms with Crippen molar-refractivity contribution >= 4 is 29.3 Å². The van der Waals surface area contributed by atoms with E-state index in [1.807, 2.05) is 84.8 Å². The summed E-state index contributed by atoms with van der Waals surface area (Å²) >= 11 is 0. The van der Waals surface area contributed by atoms with E-state index in [4.69, 9.17) is 15.0 Å². The van der Waals surface area contributed by atoms with Crippen LogP contribution in [-0.2, 0) is 35.1 Å². The summed E-state index contributed by atoms with van der Waals surface area (Å²) < 4.78 is 12.0. The second-order valence-corrected chi connectivity index (χ2v) is 17.3. The lowest BCUT2D eigenvalue weighted by Gasteiger charge is -2.41. The van der Waals surface area contributed by atoms with Gasteiger partial charge in [-0.05, 0) is 88.2 Å². The van der Waals surface area contributed by atoms with E-state index >= 15 is 0 Å². The van der Waals surface area contributed by atoms with Gasteiger partial charge >= 0.3 is 0 Å². The molecule has 0 spiro atoms. The second kappa shape index (κ2) is 24.2. The first-order valence-electron chi connectivity index (χ1n) is 21.1. The minimum Gasteiger partial charge on any atom is -0.383 e. The fourth-order valence-electron chi connectivity index (χ4n) is 8.40. The summed E-state index contributed by atoms with van der Waals surface area (Å²) in [5, 5.41) is 13.3. The van der Waals surface area contributed by atoms with Crippen LogP contribution in [0.1, 0.15) is 93.6 Å². The Balaban J connectivity index is 2.27. The molecular formula is C43H75N9O6. The zero-order chi connectivity index (χ0) is 43.9. The summed E-state index contributed by atoms with van der Waals surface area (Å²) in [5.74, 6) is -1.64. The highest BCUT2D eigenvalue weighted by Crippen LogP contribution is 2.30. The SMILES string of the molecule is CC[C@H](C)[C@@H]([C@@H](CC(=O)N1CCC[C@H]1[C@H](OC)[C@@H](C)C(=O)N[C@H](CN=[N+]=[N-])Cc1ccc(NC(C)C)cc1)OC)N(C)C(=O)[C@@H](NC(=O)[C@H](C(C)C)N(C)C)C(C)C. The number of rotatable bonds is 24. The molecule has 1 saturated heterocycles. The maximum atomic E-state index is 14.3. The molecule has 15 nitrogen and oxygen atoms in total. The highest BCUT2D eigenvalue weighted by molar-refractivity contribution is 5.90. The number of hydrogen-bond acceptors (Lipinski definition) is 9. The number of ether oxygens (including phenoxy) is 2. The van der Waals surface area contributed by atoms with Crippen LogP contribution < -0.4 is 16.0 Å². The Hall–Kier alpha value is -3.91. The minimum atomic E-state index is -0.768. The van der Waals surface area contributed by atoms with Gasteiger partial charge in [0.1, 0.15) is 6.04 Å². The van der Waals surface area contributed by atoms with Crippen LogP contribution in [0.3, 0.4) is 0 Å². The number of nitrogens with zero attached hydrogens (tertiary/aromatic N) is 6. The summed E-state index contributed by atoms with van der Waals surface area (Å²) in [6, 6.07) is 5.82. The first kappa shape index (κ1) is 50.2. The number of carbonyl (C=O) groups excluding carboxylic acids is 4. The summed E-state index contributed by atoms with van der Waals surface area (Å²) in [5.41, 5.74) is 11.1. The molecule has 0 unspecified atom stereocenters. The highest BCUT2D eigenvalue weighted by atomic mass is 16.5. The minimum absolute atomic E-state index is 0.0190. The van der Waals surface area contributed by atoms with Crippen LogP contribution in [0.15, 0.2) is 29.4 Å². The molecule has 2 rings (SSSR count). The monoisotopic (exact) mass is 814 g/mol. The smallest absolute Gasteiger partial charge is 0.245 e. The van der Waals surface area contributed by atoms with E-state index in [9.17, 15) is 19.2 Å². The molecule has 1 aliphatic heterocycles. The predicted molar refractivity (Wildman–Crippen MR) is 230 cm³/mol. The fourth-order valence-corrected chi connectivity index (χ4v) is 8.40. The maximum absolute atomic E-state index is 14.3. The van der Waals surface area contributed by atoms with Gasteiger partial charge in [0, 0.05) is 57.0 Å². The lowest BCUT2D eigenvalue weighted by Crippen LogP contribution is -2.59. The Morgan fingerprint density at radius 1 is 0.931 bits per heavy atom. The van der Waals surface area contributed by atoms with Crippen molar-refractivity contribution in [2.75, 3.05) is 53.8 Å². The molecule has 58 heavy (non-hydrogen) atoms. The first-order valence-corrected chi connectivity index (χ1v) is 21.1. The van der Waals surface area contributed by atoms with E-state index < -0.39 is 42.3 Å². The molecule has 1 aliphatic rings. The average Bonchev–Trinajstić information content (AvgIpc) is 3.65. The molecule has 9 atom stereocenters. The van der Waals surface area contributed by atoms with Crippen LogP contribution in [-0.4, -0.2) is 135 Å². The first-order chi connectivity index (χ1) is 27.3. The van der Waals surface area contributed by atoms with Crippen molar-refractivity contribution in [1.82, 2.24) is 25.3 Å². The van der Waals surface area contributed by atoms with Crippen molar-refractivity contribution in [1.29, 1.82) is 0 Å². The van der Waals surface area contributed by atoms with Crippen molar-refractivity contribution in [2.45, 2.75) is 143 Å². The Bertz CT molecular complexity index is 1490. The van der Waals surface area contributed by atoms with E-state index in [0.717, 1.165) is 24.1 Å². The van der Waals surface area contributed by atoms with Gasteiger partial charge in [0.2, 0.25) is 23.6 Å². The Morgan fingerprint density at radius 2 is 1.57 bits per heavy atom. The van der Waals surface area contributed by atoms with Crippen LogP contribution in [0.4, 0.5) is 5.69 Å². The number of benzene rings is 1. The van der Waals surface area contributed by atoms with Gasteiger partial charge in [-0.25, -0.2) is 0 Å². The lowest BCUT2D eigenvalue weighted by atomic mass is 9.89. The molecular weight excluding hydrogens is 739 g/mol.